The van der Waals surface area contributed by atoms with Crippen molar-refractivity contribution < 1.29 is 9.53 Å². The normalized spacial score (nSPS) is 10.2. The van der Waals surface area contributed by atoms with E-state index in [4.69, 9.17) is 5.73 Å². The average Bonchev–Trinajstić information content (AvgIpc) is 2.45. The number of ether oxygens (including phenoxy) is 1. The van der Waals surface area contributed by atoms with E-state index >= 15 is 0 Å². The molecule has 2 aromatic rings. The molecular formula is C15H16N2O2. The van der Waals surface area contributed by atoms with Crippen LogP contribution in [0.25, 0.3) is 11.1 Å². The minimum absolute atomic E-state index is 0.198. The molecule has 1 heterocycles. The summed E-state index contributed by atoms with van der Waals surface area (Å²) in [6.07, 6.45) is 4.44. The number of nitrogens with two attached hydrogens (primary N) is 1. The number of carbonyl (C=O) groups is 1. The van der Waals surface area contributed by atoms with Gasteiger partial charge in [0.1, 0.15) is 0 Å². The van der Waals surface area contributed by atoms with Crippen molar-refractivity contribution in [2.75, 3.05) is 12.8 Å². The van der Waals surface area contributed by atoms with Gasteiger partial charge in [-0.2, -0.15) is 0 Å². The summed E-state index contributed by atoms with van der Waals surface area (Å²) in [4.78, 5) is 15.2. The summed E-state index contributed by atoms with van der Waals surface area (Å²) < 4.78 is 4.64. The molecule has 0 aliphatic rings. The molecule has 1 aromatic heterocycles. The first-order chi connectivity index (χ1) is 9.19. The maximum Gasteiger partial charge on any atom is 0.305 e. The zero-order valence-electron chi connectivity index (χ0n) is 10.8. The number of hydrogen-bond acceptors (Lipinski definition) is 4. The zero-order valence-corrected chi connectivity index (χ0v) is 10.8. The van der Waals surface area contributed by atoms with Gasteiger partial charge in [0.05, 0.1) is 12.8 Å². The van der Waals surface area contributed by atoms with Crippen LogP contribution in [-0.4, -0.2) is 18.1 Å². The highest BCUT2D eigenvalue weighted by Crippen LogP contribution is 2.21. The van der Waals surface area contributed by atoms with Crippen LogP contribution in [0, 0.1) is 0 Å². The van der Waals surface area contributed by atoms with Gasteiger partial charge in [-0.1, -0.05) is 24.3 Å². The molecule has 4 heteroatoms. The second kappa shape index (κ2) is 6.00. The molecule has 0 spiro atoms. The number of aromatic nitrogens is 1. The van der Waals surface area contributed by atoms with Gasteiger partial charge in [0.15, 0.2) is 0 Å². The van der Waals surface area contributed by atoms with Crippen LogP contribution < -0.4 is 5.73 Å². The van der Waals surface area contributed by atoms with Crippen LogP contribution in [-0.2, 0) is 16.0 Å². The molecule has 0 unspecified atom stereocenters. The summed E-state index contributed by atoms with van der Waals surface area (Å²) in [5.74, 6) is -0.198. The molecule has 4 nitrogen and oxygen atoms in total. The lowest BCUT2D eigenvalue weighted by atomic mass is 10.0. The lowest BCUT2D eigenvalue weighted by Crippen LogP contribution is -2.01. The van der Waals surface area contributed by atoms with Crippen molar-refractivity contribution in [1.82, 2.24) is 4.98 Å². The number of benzene rings is 1. The number of nitrogen functional groups attached to an aromatic ring is 1. The number of carbonyl (C=O) groups excluding carboxylic acids is 1. The summed E-state index contributed by atoms with van der Waals surface area (Å²) in [6.45, 7) is 0. The Kier molecular flexibility index (Phi) is 4.13. The quantitative estimate of drug-likeness (QED) is 0.853. The first-order valence-corrected chi connectivity index (χ1v) is 6.05. The van der Waals surface area contributed by atoms with Crippen molar-refractivity contribution in [2.45, 2.75) is 12.8 Å². The Morgan fingerprint density at radius 1 is 1.26 bits per heavy atom. The molecule has 2 N–H and O–H groups in total. The van der Waals surface area contributed by atoms with Crippen LogP contribution in [0.4, 0.5) is 5.69 Å². The molecule has 0 fully saturated rings. The van der Waals surface area contributed by atoms with Crippen LogP contribution in [0.3, 0.4) is 0 Å². The van der Waals surface area contributed by atoms with Crippen LogP contribution in [0.15, 0.2) is 42.7 Å². The highest BCUT2D eigenvalue weighted by Gasteiger charge is 2.04. The lowest BCUT2D eigenvalue weighted by Gasteiger charge is -2.05. The Labute approximate surface area is 112 Å². The minimum atomic E-state index is -0.198. The molecule has 0 saturated heterocycles. The average molecular weight is 256 g/mol. The Balaban J connectivity index is 2.17. The van der Waals surface area contributed by atoms with Crippen molar-refractivity contribution in [2.24, 2.45) is 0 Å². The van der Waals surface area contributed by atoms with Gasteiger partial charge in [0, 0.05) is 24.4 Å². The van der Waals surface area contributed by atoms with E-state index in [-0.39, 0.29) is 5.97 Å². The van der Waals surface area contributed by atoms with Crippen molar-refractivity contribution in [3.8, 4) is 11.1 Å². The fraction of sp³-hybridized carbons (Fsp3) is 0.200. The SMILES string of the molecule is COC(=O)CCc1cccc(-c2cncc(N)c2)c1. The van der Waals surface area contributed by atoms with Gasteiger partial charge in [-0.05, 0) is 23.6 Å². The van der Waals surface area contributed by atoms with Crippen LogP contribution >= 0.6 is 0 Å². The van der Waals surface area contributed by atoms with Gasteiger partial charge in [-0.25, -0.2) is 0 Å². The number of methoxy groups -OCH3 is 1. The highest BCUT2D eigenvalue weighted by molar-refractivity contribution is 5.70. The Bertz CT molecular complexity index is 582. The summed E-state index contributed by atoms with van der Waals surface area (Å²) >= 11 is 0. The maximum atomic E-state index is 11.1. The van der Waals surface area contributed by atoms with Gasteiger partial charge >= 0.3 is 5.97 Å². The molecule has 0 amide bonds. The van der Waals surface area contributed by atoms with E-state index in [1.807, 2.05) is 30.3 Å². The molecule has 0 atom stereocenters. The highest BCUT2D eigenvalue weighted by atomic mass is 16.5. The van der Waals surface area contributed by atoms with E-state index in [1.54, 1.807) is 12.4 Å². The lowest BCUT2D eigenvalue weighted by molar-refractivity contribution is -0.140. The minimum Gasteiger partial charge on any atom is -0.469 e. The number of anilines is 1. The molecular weight excluding hydrogens is 240 g/mol. The summed E-state index contributed by atoms with van der Waals surface area (Å²) in [5, 5.41) is 0. The second-order valence-corrected chi connectivity index (χ2v) is 4.28. The van der Waals surface area contributed by atoms with Gasteiger partial charge in [0.2, 0.25) is 0 Å². The Morgan fingerprint density at radius 2 is 2.11 bits per heavy atom. The summed E-state index contributed by atoms with van der Waals surface area (Å²) in [7, 11) is 1.40. The predicted molar refractivity (Wildman–Crippen MR) is 74.4 cm³/mol. The van der Waals surface area contributed by atoms with E-state index in [1.165, 1.54) is 7.11 Å². The van der Waals surface area contributed by atoms with E-state index in [2.05, 4.69) is 9.72 Å². The van der Waals surface area contributed by atoms with E-state index in [0.29, 0.717) is 18.5 Å². The number of rotatable bonds is 4. The van der Waals surface area contributed by atoms with Crippen molar-refractivity contribution in [3.05, 3.63) is 48.3 Å². The first kappa shape index (κ1) is 13.1. The largest absolute Gasteiger partial charge is 0.469 e. The summed E-state index contributed by atoms with van der Waals surface area (Å²) in [6, 6.07) is 9.88. The molecule has 0 bridgehead atoms. The van der Waals surface area contributed by atoms with Gasteiger partial charge in [0.25, 0.3) is 0 Å². The molecule has 2 rings (SSSR count). The van der Waals surface area contributed by atoms with Gasteiger partial charge < -0.3 is 10.5 Å². The third-order valence-electron chi connectivity index (χ3n) is 2.87. The molecule has 19 heavy (non-hydrogen) atoms. The fourth-order valence-corrected chi connectivity index (χ4v) is 1.87. The Morgan fingerprint density at radius 3 is 2.84 bits per heavy atom. The number of esters is 1. The topological polar surface area (TPSA) is 65.2 Å². The van der Waals surface area contributed by atoms with E-state index in [0.717, 1.165) is 16.7 Å². The van der Waals surface area contributed by atoms with Crippen molar-refractivity contribution >= 4 is 11.7 Å². The smallest absolute Gasteiger partial charge is 0.305 e. The number of nitrogens with zero attached hydrogens (tertiary/aromatic N) is 1. The molecule has 0 aliphatic heterocycles. The molecule has 0 radical (unpaired) electrons. The second-order valence-electron chi connectivity index (χ2n) is 4.28. The standard InChI is InChI=1S/C15H16N2O2/c1-19-15(18)6-5-11-3-2-4-12(7-11)13-8-14(16)10-17-9-13/h2-4,7-10H,5-6,16H2,1H3. The Hall–Kier alpha value is -2.36. The zero-order chi connectivity index (χ0) is 13.7. The van der Waals surface area contributed by atoms with Crippen LogP contribution in [0.2, 0.25) is 0 Å². The number of hydrogen-bond donors (Lipinski definition) is 1. The predicted octanol–water partition coefficient (Wildman–Crippen LogP) is 2.44. The van der Waals surface area contributed by atoms with Gasteiger partial charge in [-0.15, -0.1) is 0 Å². The number of pyridine rings is 1. The van der Waals surface area contributed by atoms with Crippen molar-refractivity contribution in [3.63, 3.8) is 0 Å². The summed E-state index contributed by atoms with van der Waals surface area (Å²) in [5.41, 5.74) is 9.47. The van der Waals surface area contributed by atoms with E-state index in [9.17, 15) is 4.79 Å². The third kappa shape index (κ3) is 3.55. The first-order valence-electron chi connectivity index (χ1n) is 6.05. The molecule has 1 aromatic carbocycles. The van der Waals surface area contributed by atoms with Crippen LogP contribution in [0.5, 0.6) is 0 Å². The monoisotopic (exact) mass is 256 g/mol. The fourth-order valence-electron chi connectivity index (χ4n) is 1.87. The van der Waals surface area contributed by atoms with E-state index < -0.39 is 0 Å². The third-order valence-corrected chi connectivity index (χ3v) is 2.87. The van der Waals surface area contributed by atoms with Gasteiger partial charge in [-0.3, -0.25) is 9.78 Å². The van der Waals surface area contributed by atoms with Crippen LogP contribution in [0.1, 0.15) is 12.0 Å². The molecule has 0 aliphatic carbocycles. The maximum absolute atomic E-state index is 11.1. The molecule has 98 valence electrons. The van der Waals surface area contributed by atoms with Crippen molar-refractivity contribution in [1.29, 1.82) is 0 Å². The number of aryl methyl sites for hydroxylation is 1. The molecule has 0 saturated carbocycles.